The van der Waals surface area contributed by atoms with Crippen molar-refractivity contribution < 1.29 is 19.0 Å². The van der Waals surface area contributed by atoms with Gasteiger partial charge in [-0.05, 0) is 29.5 Å². The highest BCUT2D eigenvalue weighted by Gasteiger charge is 2.22. The lowest BCUT2D eigenvalue weighted by Crippen LogP contribution is -2.21. The minimum absolute atomic E-state index is 0.00239. The SMILES string of the molecule is COCC(=O)OC(C)O/C(=C(/C#N)c1ccc(C(C)(C)C)cc1)c1cc(C)nn1C. The van der Waals surface area contributed by atoms with Gasteiger partial charge in [-0.15, -0.1) is 0 Å². The fraction of sp³-hybridized carbons (Fsp3) is 0.435. The molecule has 1 heterocycles. The van der Waals surface area contributed by atoms with Gasteiger partial charge in [0.2, 0.25) is 6.29 Å². The third-order valence-corrected chi connectivity index (χ3v) is 4.46. The van der Waals surface area contributed by atoms with E-state index < -0.39 is 12.3 Å². The Hall–Kier alpha value is -3.11. The van der Waals surface area contributed by atoms with Crippen molar-refractivity contribution in [2.24, 2.45) is 7.05 Å². The van der Waals surface area contributed by atoms with Gasteiger partial charge in [0, 0.05) is 21.1 Å². The Morgan fingerprint density at radius 1 is 1.23 bits per heavy atom. The Bertz CT molecular complexity index is 960. The summed E-state index contributed by atoms with van der Waals surface area (Å²) in [6.07, 6.45) is -0.921. The van der Waals surface area contributed by atoms with Gasteiger partial charge in [0.15, 0.2) is 5.76 Å². The number of aryl methyl sites for hydroxylation is 2. The summed E-state index contributed by atoms with van der Waals surface area (Å²) in [4.78, 5) is 11.8. The van der Waals surface area contributed by atoms with E-state index in [9.17, 15) is 10.1 Å². The molecule has 0 aliphatic rings. The van der Waals surface area contributed by atoms with Crippen molar-refractivity contribution in [3.8, 4) is 6.07 Å². The van der Waals surface area contributed by atoms with Gasteiger partial charge in [-0.2, -0.15) is 10.4 Å². The number of nitriles is 1. The Kier molecular flexibility index (Phi) is 7.41. The smallest absolute Gasteiger partial charge is 0.335 e. The summed E-state index contributed by atoms with van der Waals surface area (Å²) in [6.45, 7) is 9.66. The molecular formula is C23H29N3O4. The Labute approximate surface area is 177 Å². The van der Waals surface area contributed by atoms with E-state index in [0.29, 0.717) is 22.6 Å². The molecule has 0 fully saturated rings. The predicted octanol–water partition coefficient (Wildman–Crippen LogP) is 3.97. The first-order chi connectivity index (χ1) is 14.1. The van der Waals surface area contributed by atoms with Crippen LogP contribution in [0.25, 0.3) is 11.3 Å². The number of hydrogen-bond acceptors (Lipinski definition) is 6. The molecule has 0 saturated carbocycles. The number of ether oxygens (including phenoxy) is 3. The third-order valence-electron chi connectivity index (χ3n) is 4.46. The van der Waals surface area contributed by atoms with Crippen LogP contribution in [-0.2, 0) is 31.5 Å². The summed E-state index contributed by atoms with van der Waals surface area (Å²) in [5, 5.41) is 14.3. The minimum Gasteiger partial charge on any atom is -0.451 e. The van der Waals surface area contributed by atoms with E-state index in [1.807, 2.05) is 37.3 Å². The van der Waals surface area contributed by atoms with Crippen LogP contribution in [0.3, 0.4) is 0 Å². The Morgan fingerprint density at radius 3 is 2.33 bits per heavy atom. The van der Waals surface area contributed by atoms with E-state index in [1.54, 1.807) is 18.7 Å². The van der Waals surface area contributed by atoms with Crippen molar-refractivity contribution in [3.05, 3.63) is 52.8 Å². The number of methoxy groups -OCH3 is 1. The van der Waals surface area contributed by atoms with Gasteiger partial charge in [0.25, 0.3) is 0 Å². The van der Waals surface area contributed by atoms with E-state index in [4.69, 9.17) is 14.2 Å². The summed E-state index contributed by atoms with van der Waals surface area (Å²) in [6, 6.07) is 11.9. The topological polar surface area (TPSA) is 86.4 Å². The van der Waals surface area contributed by atoms with E-state index in [-0.39, 0.29) is 12.0 Å². The first-order valence-corrected chi connectivity index (χ1v) is 9.68. The maximum absolute atomic E-state index is 11.8. The van der Waals surface area contributed by atoms with Gasteiger partial charge in [0.1, 0.15) is 23.9 Å². The molecule has 7 heteroatoms. The maximum Gasteiger partial charge on any atom is 0.335 e. The number of carbonyl (C=O) groups is 1. The van der Waals surface area contributed by atoms with Crippen LogP contribution < -0.4 is 0 Å². The molecule has 1 unspecified atom stereocenters. The quantitative estimate of drug-likeness (QED) is 0.297. The number of nitrogens with zero attached hydrogens (tertiary/aromatic N) is 3. The van der Waals surface area contributed by atoms with Crippen LogP contribution >= 0.6 is 0 Å². The third kappa shape index (κ3) is 5.71. The molecule has 0 N–H and O–H groups in total. The molecule has 0 aliphatic heterocycles. The Balaban J connectivity index is 2.52. The van der Waals surface area contributed by atoms with Crippen molar-refractivity contribution in [1.29, 1.82) is 5.26 Å². The first-order valence-electron chi connectivity index (χ1n) is 9.68. The number of hydrogen-bond donors (Lipinski definition) is 0. The van der Waals surface area contributed by atoms with E-state index in [2.05, 4.69) is 31.9 Å². The minimum atomic E-state index is -0.921. The molecule has 1 atom stereocenters. The molecule has 0 spiro atoms. The molecule has 160 valence electrons. The fourth-order valence-electron chi connectivity index (χ4n) is 2.98. The fourth-order valence-corrected chi connectivity index (χ4v) is 2.98. The van der Waals surface area contributed by atoms with Gasteiger partial charge in [-0.25, -0.2) is 4.79 Å². The highest BCUT2D eigenvalue weighted by molar-refractivity contribution is 5.94. The lowest BCUT2D eigenvalue weighted by Gasteiger charge is -2.20. The van der Waals surface area contributed by atoms with Gasteiger partial charge in [-0.1, -0.05) is 45.0 Å². The number of benzene rings is 1. The van der Waals surface area contributed by atoms with Crippen LogP contribution in [0, 0.1) is 18.3 Å². The summed E-state index contributed by atoms with van der Waals surface area (Å²) in [7, 11) is 3.18. The van der Waals surface area contributed by atoms with Crippen LogP contribution in [-0.4, -0.2) is 35.8 Å². The van der Waals surface area contributed by atoms with Gasteiger partial charge in [0.05, 0.1) is 5.69 Å². The number of rotatable bonds is 7. The van der Waals surface area contributed by atoms with Crippen LogP contribution in [0.2, 0.25) is 0 Å². The van der Waals surface area contributed by atoms with Crippen molar-refractivity contribution in [2.45, 2.75) is 46.3 Å². The number of esters is 1. The van der Waals surface area contributed by atoms with E-state index in [0.717, 1.165) is 11.3 Å². The molecule has 2 rings (SSSR count). The highest BCUT2D eigenvalue weighted by atomic mass is 16.7. The highest BCUT2D eigenvalue weighted by Crippen LogP contribution is 2.30. The second-order valence-electron chi connectivity index (χ2n) is 8.05. The van der Waals surface area contributed by atoms with Gasteiger partial charge < -0.3 is 14.2 Å². The molecule has 7 nitrogen and oxygen atoms in total. The number of allylic oxidation sites excluding steroid dienone is 1. The monoisotopic (exact) mass is 411 g/mol. The summed E-state index contributed by atoms with van der Waals surface area (Å²) in [5.74, 6) is -0.264. The molecular weight excluding hydrogens is 382 g/mol. The zero-order valence-corrected chi connectivity index (χ0v) is 18.6. The number of carbonyl (C=O) groups excluding carboxylic acids is 1. The van der Waals surface area contributed by atoms with Crippen molar-refractivity contribution in [2.75, 3.05) is 13.7 Å². The first kappa shape index (κ1) is 23.2. The molecule has 1 aromatic carbocycles. The molecule has 0 bridgehead atoms. The van der Waals surface area contributed by atoms with Crippen LogP contribution in [0.4, 0.5) is 0 Å². The maximum atomic E-state index is 11.8. The zero-order valence-electron chi connectivity index (χ0n) is 18.6. The second-order valence-corrected chi connectivity index (χ2v) is 8.05. The molecule has 0 radical (unpaired) electrons. The summed E-state index contributed by atoms with van der Waals surface area (Å²) >= 11 is 0. The Morgan fingerprint density at radius 2 is 1.87 bits per heavy atom. The standard InChI is InChI=1S/C23H29N3O4/c1-15-12-20(26(6)25-15)22(30-16(2)29-21(27)14-28-7)19(13-24)17-8-10-18(11-9-17)23(3,4)5/h8-12,16H,14H2,1-7H3/b22-19-. The van der Waals surface area contributed by atoms with Gasteiger partial charge in [-0.3, -0.25) is 4.68 Å². The average molecular weight is 412 g/mol. The number of aromatic nitrogens is 2. The van der Waals surface area contributed by atoms with Gasteiger partial charge >= 0.3 is 5.97 Å². The zero-order chi connectivity index (χ0) is 22.5. The van der Waals surface area contributed by atoms with E-state index >= 15 is 0 Å². The molecule has 0 aliphatic carbocycles. The average Bonchev–Trinajstić information content (AvgIpc) is 2.99. The normalized spacial score (nSPS) is 13.3. The van der Waals surface area contributed by atoms with Crippen molar-refractivity contribution >= 4 is 17.3 Å². The molecule has 1 aromatic heterocycles. The molecule has 2 aromatic rings. The van der Waals surface area contributed by atoms with Crippen LogP contribution in [0.1, 0.15) is 50.2 Å². The van der Waals surface area contributed by atoms with Crippen molar-refractivity contribution in [1.82, 2.24) is 9.78 Å². The lowest BCUT2D eigenvalue weighted by atomic mass is 9.86. The predicted molar refractivity (Wildman–Crippen MR) is 114 cm³/mol. The molecule has 0 saturated heterocycles. The van der Waals surface area contributed by atoms with E-state index in [1.165, 1.54) is 7.11 Å². The largest absolute Gasteiger partial charge is 0.451 e. The molecule has 0 amide bonds. The molecule has 30 heavy (non-hydrogen) atoms. The van der Waals surface area contributed by atoms with Crippen molar-refractivity contribution in [3.63, 3.8) is 0 Å². The van der Waals surface area contributed by atoms with Crippen LogP contribution in [0.15, 0.2) is 30.3 Å². The summed E-state index contributed by atoms with van der Waals surface area (Å²) < 4.78 is 17.6. The summed E-state index contributed by atoms with van der Waals surface area (Å²) in [5.41, 5.74) is 3.57. The van der Waals surface area contributed by atoms with Crippen LogP contribution in [0.5, 0.6) is 0 Å². The lowest BCUT2D eigenvalue weighted by molar-refractivity contribution is -0.168. The second kappa shape index (κ2) is 9.59.